The van der Waals surface area contributed by atoms with Crippen LogP contribution in [0.2, 0.25) is 5.02 Å². The number of piperazine rings is 1. The van der Waals surface area contributed by atoms with E-state index < -0.39 is 0 Å². The topological polar surface area (TPSA) is 44.8 Å². The van der Waals surface area contributed by atoms with Gasteiger partial charge in [-0.05, 0) is 30.3 Å². The first-order chi connectivity index (χ1) is 12.2. The second-order valence-electron chi connectivity index (χ2n) is 5.91. The zero-order valence-electron chi connectivity index (χ0n) is 14.2. The normalized spacial score (nSPS) is 14.3. The predicted octanol–water partition coefficient (Wildman–Crippen LogP) is 3.11. The maximum absolute atomic E-state index is 12.4. The molecule has 6 heteroatoms. The van der Waals surface area contributed by atoms with E-state index in [0.717, 1.165) is 31.9 Å². The van der Waals surface area contributed by atoms with Gasteiger partial charge in [-0.3, -0.25) is 4.79 Å². The van der Waals surface area contributed by atoms with Crippen LogP contribution in [0.1, 0.15) is 0 Å². The van der Waals surface area contributed by atoms with Crippen LogP contribution in [0.5, 0.6) is 5.75 Å². The number of nitrogens with one attached hydrogen (secondary N) is 1. The lowest BCUT2D eigenvalue weighted by Gasteiger charge is -2.36. The quantitative estimate of drug-likeness (QED) is 0.891. The van der Waals surface area contributed by atoms with E-state index in [4.69, 9.17) is 16.3 Å². The number of carbonyl (C=O) groups is 1. The first-order valence-electron chi connectivity index (χ1n) is 8.32. The van der Waals surface area contributed by atoms with Gasteiger partial charge in [0.15, 0.2) is 0 Å². The molecule has 5 nitrogen and oxygen atoms in total. The minimum atomic E-state index is 0.0969. The predicted molar refractivity (Wildman–Crippen MR) is 102 cm³/mol. The van der Waals surface area contributed by atoms with E-state index >= 15 is 0 Å². The van der Waals surface area contributed by atoms with Crippen LogP contribution in [0.25, 0.3) is 0 Å². The SMILES string of the molecule is COc1ccc(NCC(=O)N2CCN(c3ccccc3)CC2)cc1Cl. The Kier molecular flexibility index (Phi) is 5.66. The van der Waals surface area contributed by atoms with Crippen LogP contribution in [0.15, 0.2) is 48.5 Å². The zero-order valence-corrected chi connectivity index (χ0v) is 15.0. The standard InChI is InChI=1S/C19H22ClN3O2/c1-25-18-8-7-15(13-17(18)20)21-14-19(24)23-11-9-22(10-12-23)16-5-3-2-4-6-16/h2-8,13,21H,9-12,14H2,1H3. The largest absolute Gasteiger partial charge is 0.495 e. The summed E-state index contributed by atoms with van der Waals surface area (Å²) in [5.74, 6) is 0.718. The van der Waals surface area contributed by atoms with Gasteiger partial charge in [-0.1, -0.05) is 29.8 Å². The van der Waals surface area contributed by atoms with Crippen molar-refractivity contribution in [3.63, 3.8) is 0 Å². The molecule has 1 N–H and O–H groups in total. The van der Waals surface area contributed by atoms with Gasteiger partial charge in [0, 0.05) is 37.6 Å². The Labute approximate surface area is 153 Å². The summed E-state index contributed by atoms with van der Waals surface area (Å²) in [5.41, 5.74) is 2.02. The third-order valence-corrected chi connectivity index (χ3v) is 4.64. The number of hydrogen-bond donors (Lipinski definition) is 1. The average Bonchev–Trinajstić information content (AvgIpc) is 2.67. The molecule has 1 amide bonds. The lowest BCUT2D eigenvalue weighted by molar-refractivity contribution is -0.129. The Balaban J connectivity index is 1.49. The number of nitrogens with zero attached hydrogens (tertiary/aromatic N) is 2. The molecule has 0 atom stereocenters. The summed E-state index contributed by atoms with van der Waals surface area (Å²) in [7, 11) is 1.58. The first kappa shape index (κ1) is 17.4. The lowest BCUT2D eigenvalue weighted by Crippen LogP contribution is -2.50. The molecule has 0 aliphatic carbocycles. The van der Waals surface area contributed by atoms with Crippen LogP contribution in [0.4, 0.5) is 11.4 Å². The van der Waals surface area contributed by atoms with Crippen LogP contribution in [-0.2, 0) is 4.79 Å². The smallest absolute Gasteiger partial charge is 0.241 e. The maximum atomic E-state index is 12.4. The number of amides is 1. The average molecular weight is 360 g/mol. The molecule has 3 rings (SSSR count). The van der Waals surface area contributed by atoms with Gasteiger partial charge >= 0.3 is 0 Å². The van der Waals surface area contributed by atoms with E-state index in [1.807, 2.05) is 29.2 Å². The van der Waals surface area contributed by atoms with Gasteiger partial charge in [0.25, 0.3) is 0 Å². The van der Waals surface area contributed by atoms with Gasteiger partial charge in [0.1, 0.15) is 5.75 Å². The van der Waals surface area contributed by atoms with Crippen molar-refractivity contribution in [2.24, 2.45) is 0 Å². The highest BCUT2D eigenvalue weighted by Gasteiger charge is 2.20. The van der Waals surface area contributed by atoms with Crippen molar-refractivity contribution >= 4 is 28.9 Å². The minimum absolute atomic E-state index is 0.0969. The molecule has 25 heavy (non-hydrogen) atoms. The monoisotopic (exact) mass is 359 g/mol. The number of ether oxygens (including phenoxy) is 1. The summed E-state index contributed by atoms with van der Waals surface area (Å²) >= 11 is 6.10. The molecule has 2 aromatic rings. The highest BCUT2D eigenvalue weighted by Crippen LogP contribution is 2.27. The third-order valence-electron chi connectivity index (χ3n) is 4.35. The molecule has 0 spiro atoms. The summed E-state index contributed by atoms with van der Waals surface area (Å²) in [4.78, 5) is 16.6. The van der Waals surface area contributed by atoms with Gasteiger partial charge < -0.3 is 19.9 Å². The fraction of sp³-hybridized carbons (Fsp3) is 0.316. The van der Waals surface area contributed by atoms with Crippen molar-refractivity contribution < 1.29 is 9.53 Å². The number of hydrogen-bond acceptors (Lipinski definition) is 4. The molecule has 132 valence electrons. The Bertz CT molecular complexity index is 716. The fourth-order valence-electron chi connectivity index (χ4n) is 2.92. The third kappa shape index (κ3) is 4.37. The van der Waals surface area contributed by atoms with E-state index in [9.17, 15) is 4.79 Å². The van der Waals surface area contributed by atoms with Crippen LogP contribution < -0.4 is 15.0 Å². The molecule has 0 unspecified atom stereocenters. The number of anilines is 2. The summed E-state index contributed by atoms with van der Waals surface area (Å²) in [6.07, 6.45) is 0. The Morgan fingerprint density at radius 1 is 1.12 bits per heavy atom. The molecule has 0 bridgehead atoms. The van der Waals surface area contributed by atoms with Gasteiger partial charge in [-0.2, -0.15) is 0 Å². The number of para-hydroxylation sites is 1. The molecule has 1 saturated heterocycles. The fourth-order valence-corrected chi connectivity index (χ4v) is 3.18. The molecule has 1 fully saturated rings. The number of methoxy groups -OCH3 is 1. The molecule has 0 saturated carbocycles. The molecular formula is C19H22ClN3O2. The highest BCUT2D eigenvalue weighted by atomic mass is 35.5. The van der Waals surface area contributed by atoms with Gasteiger partial charge in [-0.25, -0.2) is 0 Å². The second kappa shape index (κ2) is 8.12. The molecule has 0 aromatic heterocycles. The van der Waals surface area contributed by atoms with Crippen LogP contribution in [0.3, 0.4) is 0 Å². The summed E-state index contributed by atoms with van der Waals surface area (Å²) in [5, 5.41) is 3.66. The molecule has 1 heterocycles. The van der Waals surface area contributed by atoms with E-state index in [-0.39, 0.29) is 12.5 Å². The van der Waals surface area contributed by atoms with Crippen molar-refractivity contribution in [1.29, 1.82) is 0 Å². The lowest BCUT2D eigenvalue weighted by atomic mass is 10.2. The van der Waals surface area contributed by atoms with Crippen molar-refractivity contribution in [2.45, 2.75) is 0 Å². The van der Waals surface area contributed by atoms with Gasteiger partial charge in [0.05, 0.1) is 18.7 Å². The Morgan fingerprint density at radius 2 is 1.84 bits per heavy atom. The zero-order chi connectivity index (χ0) is 17.6. The van der Waals surface area contributed by atoms with Crippen molar-refractivity contribution in [3.8, 4) is 5.75 Å². The van der Waals surface area contributed by atoms with Crippen LogP contribution in [0, 0.1) is 0 Å². The molecule has 0 radical (unpaired) electrons. The minimum Gasteiger partial charge on any atom is -0.495 e. The molecule has 1 aliphatic heterocycles. The van der Waals surface area contributed by atoms with E-state index in [1.165, 1.54) is 5.69 Å². The maximum Gasteiger partial charge on any atom is 0.241 e. The van der Waals surface area contributed by atoms with Crippen LogP contribution >= 0.6 is 11.6 Å². The second-order valence-corrected chi connectivity index (χ2v) is 6.31. The number of benzene rings is 2. The molecular weight excluding hydrogens is 338 g/mol. The van der Waals surface area contributed by atoms with Crippen molar-refractivity contribution in [3.05, 3.63) is 53.6 Å². The summed E-state index contributed by atoms with van der Waals surface area (Å²) < 4.78 is 5.13. The van der Waals surface area contributed by atoms with E-state index in [0.29, 0.717) is 10.8 Å². The van der Waals surface area contributed by atoms with Crippen molar-refractivity contribution in [1.82, 2.24) is 4.90 Å². The molecule has 2 aromatic carbocycles. The Hall–Kier alpha value is -2.40. The van der Waals surface area contributed by atoms with E-state index in [1.54, 1.807) is 19.2 Å². The summed E-state index contributed by atoms with van der Waals surface area (Å²) in [6.45, 7) is 3.43. The van der Waals surface area contributed by atoms with Gasteiger partial charge in [0.2, 0.25) is 5.91 Å². The van der Waals surface area contributed by atoms with Gasteiger partial charge in [-0.15, -0.1) is 0 Å². The van der Waals surface area contributed by atoms with Crippen molar-refractivity contribution in [2.75, 3.05) is 50.1 Å². The summed E-state index contributed by atoms with van der Waals surface area (Å²) in [6, 6.07) is 15.7. The number of halogens is 1. The Morgan fingerprint density at radius 3 is 2.48 bits per heavy atom. The molecule has 1 aliphatic rings. The number of carbonyl (C=O) groups excluding carboxylic acids is 1. The highest BCUT2D eigenvalue weighted by molar-refractivity contribution is 6.32. The van der Waals surface area contributed by atoms with E-state index in [2.05, 4.69) is 22.3 Å². The van der Waals surface area contributed by atoms with Crippen LogP contribution in [-0.4, -0.2) is 50.6 Å². The number of rotatable bonds is 5. The first-order valence-corrected chi connectivity index (χ1v) is 8.70.